The standard InChI is InChI=1S/C10H9BrN2/c1-7-2-3-9(11)8(4-7)10-5-12-6-13-10/h2-6H,1H3,(H,12,13). The SMILES string of the molecule is Cc1ccc(Br)c(-c2cnc[nH]2)c1. The molecular weight excluding hydrogens is 228 g/mol. The van der Waals surface area contributed by atoms with Crippen LogP contribution in [0.4, 0.5) is 0 Å². The Morgan fingerprint density at radius 1 is 1.38 bits per heavy atom. The monoisotopic (exact) mass is 236 g/mol. The molecule has 1 aromatic heterocycles. The van der Waals surface area contributed by atoms with E-state index in [0.717, 1.165) is 15.7 Å². The van der Waals surface area contributed by atoms with Gasteiger partial charge in [0.15, 0.2) is 0 Å². The molecule has 2 nitrogen and oxygen atoms in total. The van der Waals surface area contributed by atoms with E-state index in [-0.39, 0.29) is 0 Å². The van der Waals surface area contributed by atoms with E-state index in [4.69, 9.17) is 0 Å². The Kier molecular flexibility index (Phi) is 2.19. The molecule has 2 aromatic rings. The maximum absolute atomic E-state index is 3.99. The lowest BCUT2D eigenvalue weighted by Crippen LogP contribution is -1.81. The van der Waals surface area contributed by atoms with Crippen molar-refractivity contribution in [2.24, 2.45) is 0 Å². The molecule has 0 atom stereocenters. The number of aromatic amines is 1. The number of H-pyrrole nitrogens is 1. The van der Waals surface area contributed by atoms with Crippen molar-refractivity contribution in [3.8, 4) is 11.3 Å². The van der Waals surface area contributed by atoms with E-state index in [1.54, 1.807) is 6.33 Å². The molecule has 0 saturated heterocycles. The quantitative estimate of drug-likeness (QED) is 0.810. The summed E-state index contributed by atoms with van der Waals surface area (Å²) in [5.74, 6) is 0. The fourth-order valence-electron chi connectivity index (χ4n) is 1.25. The lowest BCUT2D eigenvalue weighted by Gasteiger charge is -2.02. The number of hydrogen-bond acceptors (Lipinski definition) is 1. The highest BCUT2D eigenvalue weighted by atomic mass is 79.9. The Labute approximate surface area is 85.1 Å². The van der Waals surface area contributed by atoms with Gasteiger partial charge in [0.1, 0.15) is 0 Å². The summed E-state index contributed by atoms with van der Waals surface area (Å²) in [5.41, 5.74) is 3.43. The van der Waals surface area contributed by atoms with Crippen LogP contribution >= 0.6 is 15.9 Å². The van der Waals surface area contributed by atoms with E-state index in [1.165, 1.54) is 5.56 Å². The van der Waals surface area contributed by atoms with Crippen LogP contribution in [0.25, 0.3) is 11.3 Å². The number of halogens is 1. The van der Waals surface area contributed by atoms with Gasteiger partial charge in [0.05, 0.1) is 18.2 Å². The normalized spacial score (nSPS) is 10.3. The van der Waals surface area contributed by atoms with Crippen LogP contribution in [-0.2, 0) is 0 Å². The summed E-state index contributed by atoms with van der Waals surface area (Å²) in [4.78, 5) is 7.07. The highest BCUT2D eigenvalue weighted by Crippen LogP contribution is 2.26. The molecule has 0 unspecified atom stereocenters. The summed E-state index contributed by atoms with van der Waals surface area (Å²) in [6.45, 7) is 2.08. The smallest absolute Gasteiger partial charge is 0.0924 e. The highest BCUT2D eigenvalue weighted by molar-refractivity contribution is 9.10. The van der Waals surface area contributed by atoms with E-state index < -0.39 is 0 Å². The van der Waals surface area contributed by atoms with Gasteiger partial charge in [-0.15, -0.1) is 0 Å². The first-order valence-corrected chi connectivity index (χ1v) is 4.81. The fraction of sp³-hybridized carbons (Fsp3) is 0.100. The van der Waals surface area contributed by atoms with Crippen molar-refractivity contribution in [1.82, 2.24) is 9.97 Å². The average Bonchev–Trinajstić information content (AvgIpc) is 2.61. The predicted octanol–water partition coefficient (Wildman–Crippen LogP) is 3.15. The zero-order valence-electron chi connectivity index (χ0n) is 7.21. The molecule has 13 heavy (non-hydrogen) atoms. The van der Waals surface area contributed by atoms with Gasteiger partial charge in [-0.1, -0.05) is 27.6 Å². The van der Waals surface area contributed by atoms with Gasteiger partial charge in [0, 0.05) is 10.0 Å². The van der Waals surface area contributed by atoms with Crippen LogP contribution in [0, 0.1) is 6.92 Å². The second-order valence-corrected chi connectivity index (χ2v) is 3.80. The van der Waals surface area contributed by atoms with E-state index in [9.17, 15) is 0 Å². The Morgan fingerprint density at radius 3 is 2.92 bits per heavy atom. The molecule has 1 heterocycles. The number of rotatable bonds is 1. The van der Waals surface area contributed by atoms with Crippen molar-refractivity contribution >= 4 is 15.9 Å². The van der Waals surface area contributed by atoms with Crippen LogP contribution in [0.2, 0.25) is 0 Å². The van der Waals surface area contributed by atoms with Crippen molar-refractivity contribution in [3.05, 3.63) is 40.8 Å². The lowest BCUT2D eigenvalue weighted by atomic mass is 10.1. The average molecular weight is 237 g/mol. The number of aromatic nitrogens is 2. The summed E-state index contributed by atoms with van der Waals surface area (Å²) in [6, 6.07) is 6.24. The van der Waals surface area contributed by atoms with Gasteiger partial charge in [-0.25, -0.2) is 4.98 Å². The van der Waals surface area contributed by atoms with Gasteiger partial charge in [0.25, 0.3) is 0 Å². The van der Waals surface area contributed by atoms with E-state index in [0.29, 0.717) is 0 Å². The molecule has 0 bridgehead atoms. The predicted molar refractivity (Wildman–Crippen MR) is 56.5 cm³/mol. The number of nitrogens with one attached hydrogen (secondary N) is 1. The maximum Gasteiger partial charge on any atom is 0.0924 e. The van der Waals surface area contributed by atoms with Crippen molar-refractivity contribution in [1.29, 1.82) is 0 Å². The van der Waals surface area contributed by atoms with Crippen LogP contribution in [-0.4, -0.2) is 9.97 Å². The Morgan fingerprint density at radius 2 is 2.23 bits per heavy atom. The minimum absolute atomic E-state index is 1.04. The first kappa shape index (κ1) is 8.51. The number of benzene rings is 1. The molecule has 0 aliphatic carbocycles. The van der Waals surface area contributed by atoms with E-state index >= 15 is 0 Å². The molecule has 0 saturated carbocycles. The zero-order chi connectivity index (χ0) is 9.26. The molecule has 0 radical (unpaired) electrons. The van der Waals surface area contributed by atoms with Gasteiger partial charge < -0.3 is 4.98 Å². The number of imidazole rings is 1. The van der Waals surface area contributed by atoms with Crippen LogP contribution in [0.15, 0.2) is 35.2 Å². The molecule has 0 fully saturated rings. The Balaban J connectivity index is 2.57. The van der Waals surface area contributed by atoms with Crippen LogP contribution in [0.1, 0.15) is 5.56 Å². The largest absolute Gasteiger partial charge is 0.345 e. The number of aryl methyl sites for hydroxylation is 1. The maximum atomic E-state index is 3.99. The number of hydrogen-bond donors (Lipinski definition) is 1. The molecule has 0 aliphatic rings. The molecule has 66 valence electrons. The third kappa shape index (κ3) is 1.65. The minimum Gasteiger partial charge on any atom is -0.345 e. The minimum atomic E-state index is 1.04. The van der Waals surface area contributed by atoms with Crippen molar-refractivity contribution in [2.75, 3.05) is 0 Å². The molecule has 2 rings (SSSR count). The second-order valence-electron chi connectivity index (χ2n) is 2.95. The van der Waals surface area contributed by atoms with Gasteiger partial charge in [-0.2, -0.15) is 0 Å². The van der Waals surface area contributed by atoms with Crippen molar-refractivity contribution in [2.45, 2.75) is 6.92 Å². The summed E-state index contributed by atoms with van der Waals surface area (Å²) < 4.78 is 1.09. The summed E-state index contributed by atoms with van der Waals surface area (Å²) in [6.07, 6.45) is 3.50. The fourth-order valence-corrected chi connectivity index (χ4v) is 1.71. The van der Waals surface area contributed by atoms with Crippen LogP contribution in [0.5, 0.6) is 0 Å². The van der Waals surface area contributed by atoms with E-state index in [1.807, 2.05) is 12.3 Å². The van der Waals surface area contributed by atoms with Crippen molar-refractivity contribution < 1.29 is 0 Å². The second kappa shape index (κ2) is 3.34. The Hall–Kier alpha value is -1.09. The molecule has 0 aliphatic heterocycles. The molecule has 1 aromatic carbocycles. The lowest BCUT2D eigenvalue weighted by molar-refractivity contribution is 1.31. The molecule has 3 heteroatoms. The van der Waals surface area contributed by atoms with Crippen LogP contribution in [0.3, 0.4) is 0 Å². The topological polar surface area (TPSA) is 28.7 Å². The Bertz CT molecular complexity index is 407. The van der Waals surface area contributed by atoms with Gasteiger partial charge in [0.2, 0.25) is 0 Å². The first-order valence-electron chi connectivity index (χ1n) is 4.02. The molecule has 0 spiro atoms. The number of nitrogens with zero attached hydrogens (tertiary/aromatic N) is 1. The molecule has 0 amide bonds. The van der Waals surface area contributed by atoms with Gasteiger partial charge in [-0.05, 0) is 19.1 Å². The highest BCUT2D eigenvalue weighted by Gasteiger charge is 2.03. The van der Waals surface area contributed by atoms with Gasteiger partial charge in [-0.3, -0.25) is 0 Å². The van der Waals surface area contributed by atoms with Crippen LogP contribution < -0.4 is 0 Å². The third-order valence-electron chi connectivity index (χ3n) is 1.91. The van der Waals surface area contributed by atoms with Crippen molar-refractivity contribution in [3.63, 3.8) is 0 Å². The zero-order valence-corrected chi connectivity index (χ0v) is 8.80. The summed E-state index contributed by atoms with van der Waals surface area (Å²) in [5, 5.41) is 0. The first-order chi connectivity index (χ1) is 6.27. The summed E-state index contributed by atoms with van der Waals surface area (Å²) in [7, 11) is 0. The molecule has 1 N–H and O–H groups in total. The molecular formula is C10H9BrN2. The third-order valence-corrected chi connectivity index (χ3v) is 2.60. The summed E-state index contributed by atoms with van der Waals surface area (Å²) >= 11 is 3.50. The van der Waals surface area contributed by atoms with Gasteiger partial charge >= 0.3 is 0 Å². The van der Waals surface area contributed by atoms with E-state index in [2.05, 4.69) is 45.0 Å².